The molecule has 0 aliphatic heterocycles. The average molecular weight is 203 g/mol. The summed E-state index contributed by atoms with van der Waals surface area (Å²) in [6, 6.07) is 0. The molecule has 84 valence electrons. The Bertz CT molecular complexity index is 175. The van der Waals surface area contributed by atoms with Gasteiger partial charge in [-0.1, -0.05) is 6.92 Å². The summed E-state index contributed by atoms with van der Waals surface area (Å²) in [6.07, 6.45) is 0.359. The molecule has 0 aromatic heterocycles. The quantitative estimate of drug-likeness (QED) is 0.728. The molecule has 0 saturated carbocycles. The first-order chi connectivity index (χ1) is 6.35. The van der Waals surface area contributed by atoms with Crippen LogP contribution in [0.3, 0.4) is 0 Å². The summed E-state index contributed by atoms with van der Waals surface area (Å²) in [4.78, 5) is 11.1. The molecular formula is C10H21NO3. The van der Waals surface area contributed by atoms with Crippen molar-refractivity contribution in [2.75, 3.05) is 13.2 Å². The maximum absolute atomic E-state index is 11.1. The lowest BCUT2D eigenvalue weighted by Crippen LogP contribution is -2.33. The normalized spacial score (nSPS) is 13.5. The van der Waals surface area contributed by atoms with Crippen molar-refractivity contribution >= 4 is 6.09 Å². The number of amides is 1. The number of aliphatic hydroxyl groups excluding tert-OH is 1. The number of alkyl carbamates (subject to hydrolysis) is 1. The third kappa shape index (κ3) is 7.86. The Morgan fingerprint density at radius 1 is 1.50 bits per heavy atom. The van der Waals surface area contributed by atoms with Gasteiger partial charge in [-0.25, -0.2) is 4.79 Å². The summed E-state index contributed by atoms with van der Waals surface area (Å²) in [6.45, 7) is 8.08. The fraction of sp³-hybridized carbons (Fsp3) is 0.900. The van der Waals surface area contributed by atoms with E-state index in [2.05, 4.69) is 5.32 Å². The second kappa shape index (κ2) is 5.86. The van der Waals surface area contributed by atoms with Gasteiger partial charge in [-0.15, -0.1) is 0 Å². The predicted octanol–water partition coefficient (Wildman–Crippen LogP) is 1.53. The SMILES string of the molecule is CC(CO)CCNC(=O)OC(C)(C)C. The minimum absolute atomic E-state index is 0.149. The summed E-state index contributed by atoms with van der Waals surface area (Å²) >= 11 is 0. The predicted molar refractivity (Wildman–Crippen MR) is 55.1 cm³/mol. The smallest absolute Gasteiger partial charge is 0.407 e. The fourth-order valence-electron chi connectivity index (χ4n) is 0.826. The number of nitrogens with one attached hydrogen (secondary N) is 1. The molecule has 0 radical (unpaired) electrons. The van der Waals surface area contributed by atoms with Crippen LogP contribution in [-0.4, -0.2) is 30.0 Å². The summed E-state index contributed by atoms with van der Waals surface area (Å²) in [5.41, 5.74) is -0.452. The molecule has 0 heterocycles. The van der Waals surface area contributed by atoms with Crippen LogP contribution >= 0.6 is 0 Å². The molecule has 4 heteroatoms. The van der Waals surface area contributed by atoms with E-state index in [9.17, 15) is 4.79 Å². The zero-order valence-corrected chi connectivity index (χ0v) is 9.46. The van der Waals surface area contributed by atoms with Crippen molar-refractivity contribution in [3.05, 3.63) is 0 Å². The maximum Gasteiger partial charge on any atom is 0.407 e. The van der Waals surface area contributed by atoms with E-state index in [0.29, 0.717) is 6.54 Å². The largest absolute Gasteiger partial charge is 0.444 e. The van der Waals surface area contributed by atoms with Gasteiger partial charge in [0.15, 0.2) is 0 Å². The number of ether oxygens (including phenoxy) is 1. The van der Waals surface area contributed by atoms with Gasteiger partial charge >= 0.3 is 6.09 Å². The Labute approximate surface area is 85.6 Å². The van der Waals surface area contributed by atoms with E-state index in [1.54, 1.807) is 0 Å². The molecule has 1 unspecified atom stereocenters. The molecule has 14 heavy (non-hydrogen) atoms. The second-order valence-corrected chi connectivity index (χ2v) is 4.51. The third-order valence-corrected chi connectivity index (χ3v) is 1.62. The molecule has 0 rings (SSSR count). The third-order valence-electron chi connectivity index (χ3n) is 1.62. The standard InChI is InChI=1S/C10H21NO3/c1-8(7-12)5-6-11-9(13)14-10(2,3)4/h8,12H,5-7H2,1-4H3,(H,11,13). The van der Waals surface area contributed by atoms with Gasteiger partial charge in [-0.05, 0) is 33.1 Å². The molecule has 0 aliphatic rings. The average Bonchev–Trinajstić information content (AvgIpc) is 2.00. The number of hydrogen-bond acceptors (Lipinski definition) is 3. The molecule has 0 spiro atoms. The van der Waals surface area contributed by atoms with Crippen LogP contribution in [0.4, 0.5) is 4.79 Å². The van der Waals surface area contributed by atoms with Crippen molar-refractivity contribution in [3.8, 4) is 0 Å². The highest BCUT2D eigenvalue weighted by molar-refractivity contribution is 5.67. The minimum Gasteiger partial charge on any atom is -0.444 e. The Kier molecular flexibility index (Phi) is 5.53. The lowest BCUT2D eigenvalue weighted by Gasteiger charge is -2.20. The van der Waals surface area contributed by atoms with Crippen LogP contribution < -0.4 is 5.32 Å². The second-order valence-electron chi connectivity index (χ2n) is 4.51. The molecule has 0 fully saturated rings. The zero-order chi connectivity index (χ0) is 11.2. The monoisotopic (exact) mass is 203 g/mol. The van der Waals surface area contributed by atoms with Crippen molar-refractivity contribution in [1.29, 1.82) is 0 Å². The number of carbonyl (C=O) groups is 1. The van der Waals surface area contributed by atoms with Crippen molar-refractivity contribution in [1.82, 2.24) is 5.32 Å². The number of carbonyl (C=O) groups excluding carboxylic acids is 1. The Hall–Kier alpha value is -0.770. The van der Waals surface area contributed by atoms with Crippen molar-refractivity contribution < 1.29 is 14.6 Å². The Morgan fingerprint density at radius 2 is 2.07 bits per heavy atom. The van der Waals surface area contributed by atoms with Gasteiger partial charge in [0, 0.05) is 13.2 Å². The van der Waals surface area contributed by atoms with Gasteiger partial charge in [0.2, 0.25) is 0 Å². The van der Waals surface area contributed by atoms with Crippen LogP contribution in [0, 0.1) is 5.92 Å². The van der Waals surface area contributed by atoms with E-state index in [1.807, 2.05) is 27.7 Å². The van der Waals surface area contributed by atoms with Crippen LogP contribution in [0.5, 0.6) is 0 Å². The lowest BCUT2D eigenvalue weighted by molar-refractivity contribution is 0.0523. The van der Waals surface area contributed by atoms with Crippen LogP contribution in [0.15, 0.2) is 0 Å². The van der Waals surface area contributed by atoms with Crippen molar-refractivity contribution in [3.63, 3.8) is 0 Å². The van der Waals surface area contributed by atoms with Crippen molar-refractivity contribution in [2.24, 2.45) is 5.92 Å². The van der Waals surface area contributed by atoms with Gasteiger partial charge in [0.1, 0.15) is 5.60 Å². The molecule has 1 atom stereocenters. The summed E-state index contributed by atoms with van der Waals surface area (Å²) < 4.78 is 5.04. The molecule has 4 nitrogen and oxygen atoms in total. The highest BCUT2D eigenvalue weighted by atomic mass is 16.6. The molecule has 0 saturated heterocycles. The van der Waals surface area contributed by atoms with Crippen LogP contribution in [-0.2, 0) is 4.74 Å². The summed E-state index contributed by atoms with van der Waals surface area (Å²) in [7, 11) is 0. The van der Waals surface area contributed by atoms with Crippen molar-refractivity contribution in [2.45, 2.75) is 39.7 Å². The zero-order valence-electron chi connectivity index (χ0n) is 9.46. The van der Waals surface area contributed by atoms with E-state index in [0.717, 1.165) is 6.42 Å². The highest BCUT2D eigenvalue weighted by Crippen LogP contribution is 2.06. The minimum atomic E-state index is -0.452. The first-order valence-electron chi connectivity index (χ1n) is 4.93. The van der Waals surface area contributed by atoms with E-state index in [1.165, 1.54) is 0 Å². The number of rotatable bonds is 4. The molecule has 0 aromatic rings. The number of hydrogen-bond donors (Lipinski definition) is 2. The molecule has 0 aliphatic carbocycles. The van der Waals surface area contributed by atoms with Gasteiger partial charge in [-0.2, -0.15) is 0 Å². The van der Waals surface area contributed by atoms with E-state index in [4.69, 9.17) is 9.84 Å². The number of aliphatic hydroxyl groups is 1. The van der Waals surface area contributed by atoms with Gasteiger partial charge in [-0.3, -0.25) is 0 Å². The Morgan fingerprint density at radius 3 is 2.50 bits per heavy atom. The first kappa shape index (κ1) is 13.2. The molecule has 0 bridgehead atoms. The molecular weight excluding hydrogens is 182 g/mol. The topological polar surface area (TPSA) is 58.6 Å². The first-order valence-corrected chi connectivity index (χ1v) is 4.93. The summed E-state index contributed by atoms with van der Waals surface area (Å²) in [5.74, 6) is 0.213. The van der Waals surface area contributed by atoms with Gasteiger partial charge in [0.05, 0.1) is 0 Å². The van der Waals surface area contributed by atoms with Crippen LogP contribution in [0.25, 0.3) is 0 Å². The van der Waals surface area contributed by atoms with E-state index >= 15 is 0 Å². The lowest BCUT2D eigenvalue weighted by atomic mass is 10.1. The van der Waals surface area contributed by atoms with E-state index in [-0.39, 0.29) is 12.5 Å². The van der Waals surface area contributed by atoms with Gasteiger partial charge in [0.25, 0.3) is 0 Å². The molecule has 0 aromatic carbocycles. The van der Waals surface area contributed by atoms with Crippen LogP contribution in [0.1, 0.15) is 34.1 Å². The van der Waals surface area contributed by atoms with Crippen LogP contribution in [0.2, 0.25) is 0 Å². The Balaban J connectivity index is 3.55. The van der Waals surface area contributed by atoms with Gasteiger partial charge < -0.3 is 15.2 Å². The highest BCUT2D eigenvalue weighted by Gasteiger charge is 2.15. The molecule has 1 amide bonds. The maximum atomic E-state index is 11.1. The molecule has 2 N–H and O–H groups in total. The summed E-state index contributed by atoms with van der Waals surface area (Å²) in [5, 5.41) is 11.4. The van der Waals surface area contributed by atoms with E-state index < -0.39 is 11.7 Å². The fourth-order valence-corrected chi connectivity index (χ4v) is 0.826.